The van der Waals surface area contributed by atoms with Crippen LogP contribution in [-0.4, -0.2) is 53.5 Å². The van der Waals surface area contributed by atoms with Gasteiger partial charge in [0.25, 0.3) is 5.91 Å². The quantitative estimate of drug-likeness (QED) is 0.708. The first kappa shape index (κ1) is 19.4. The third kappa shape index (κ3) is 5.53. The van der Waals surface area contributed by atoms with E-state index in [1.54, 1.807) is 0 Å². The summed E-state index contributed by atoms with van der Waals surface area (Å²) in [6.07, 6.45) is 3.15. The van der Waals surface area contributed by atoms with Crippen LogP contribution in [0.5, 0.6) is 5.75 Å². The Morgan fingerprint density at radius 1 is 1.15 bits per heavy atom. The van der Waals surface area contributed by atoms with Crippen molar-refractivity contribution in [2.45, 2.75) is 50.5 Å². The number of hydrogen-bond acceptors (Lipinski definition) is 5. The zero-order valence-electron chi connectivity index (χ0n) is 15.4. The number of likely N-dealkylation sites (tertiary alicyclic amines) is 1. The molecule has 0 saturated carbocycles. The number of nitrogens with zero attached hydrogens (tertiary/aromatic N) is 1. The molecule has 1 aromatic rings. The highest BCUT2D eigenvalue weighted by atomic mass is 16.5. The van der Waals surface area contributed by atoms with Crippen LogP contribution in [0, 0.1) is 0 Å². The zero-order chi connectivity index (χ0) is 19.2. The van der Waals surface area contributed by atoms with Crippen molar-refractivity contribution in [1.29, 1.82) is 0 Å². The largest absolute Gasteiger partial charge is 0.481 e. The summed E-state index contributed by atoms with van der Waals surface area (Å²) in [6.45, 7) is 2.81. The molecule has 7 nitrogen and oxygen atoms in total. The fourth-order valence-corrected chi connectivity index (χ4v) is 3.71. The van der Waals surface area contributed by atoms with E-state index < -0.39 is 12.1 Å². The summed E-state index contributed by atoms with van der Waals surface area (Å²) < 4.78 is 5.72. The number of rotatable bonds is 7. The van der Waals surface area contributed by atoms with Crippen LogP contribution >= 0.6 is 0 Å². The molecular formula is C20H26N2O5. The van der Waals surface area contributed by atoms with Crippen molar-refractivity contribution in [3.05, 3.63) is 29.8 Å². The van der Waals surface area contributed by atoms with E-state index in [2.05, 4.69) is 10.2 Å². The maximum Gasteiger partial charge on any atom is 0.303 e. The van der Waals surface area contributed by atoms with Crippen molar-refractivity contribution in [2.24, 2.45) is 0 Å². The van der Waals surface area contributed by atoms with Crippen molar-refractivity contribution >= 4 is 17.8 Å². The summed E-state index contributed by atoms with van der Waals surface area (Å²) in [5.74, 6) is -0.218. The number of carbonyl (C=O) groups excluding carboxylic acids is 2. The predicted octanol–water partition coefficient (Wildman–Crippen LogP) is 1.91. The van der Waals surface area contributed by atoms with Crippen LogP contribution in [0.1, 0.15) is 50.0 Å². The van der Waals surface area contributed by atoms with Crippen LogP contribution < -0.4 is 10.1 Å². The predicted molar refractivity (Wildman–Crippen MR) is 98.5 cm³/mol. The van der Waals surface area contributed by atoms with E-state index in [9.17, 15) is 14.4 Å². The summed E-state index contributed by atoms with van der Waals surface area (Å²) in [4.78, 5) is 35.9. The standard InChI is InChI=1S/C20H26N2O5/c23-18-8-7-17(20(26)21-18)27-16-5-3-14(4-6-16)15-9-12-22(13-10-15)11-1-2-19(24)25/h3-6,15,17H,1-2,7-13H2,(H,24,25)(H,21,23,26). The summed E-state index contributed by atoms with van der Waals surface area (Å²) in [6, 6.07) is 7.87. The van der Waals surface area contributed by atoms with E-state index in [0.717, 1.165) is 32.5 Å². The molecule has 0 aromatic heterocycles. The number of carboxylic acid groups (broad SMARTS) is 1. The Kier molecular flexibility index (Phi) is 6.45. The van der Waals surface area contributed by atoms with Gasteiger partial charge in [-0.3, -0.25) is 19.7 Å². The molecule has 0 spiro atoms. The summed E-state index contributed by atoms with van der Waals surface area (Å²) in [5, 5.41) is 11.0. The molecule has 2 aliphatic heterocycles. The van der Waals surface area contributed by atoms with Gasteiger partial charge in [0.15, 0.2) is 6.10 Å². The van der Waals surface area contributed by atoms with Gasteiger partial charge >= 0.3 is 5.97 Å². The molecule has 2 aliphatic rings. The van der Waals surface area contributed by atoms with Gasteiger partial charge in [0.2, 0.25) is 5.91 Å². The number of benzene rings is 1. The molecule has 2 N–H and O–H groups in total. The molecule has 2 heterocycles. The second kappa shape index (κ2) is 8.99. The monoisotopic (exact) mass is 374 g/mol. The first-order valence-corrected chi connectivity index (χ1v) is 9.56. The molecule has 1 atom stereocenters. The molecule has 146 valence electrons. The van der Waals surface area contributed by atoms with Gasteiger partial charge in [-0.05, 0) is 62.5 Å². The second-order valence-electron chi connectivity index (χ2n) is 7.24. The molecule has 2 amide bonds. The fourth-order valence-electron chi connectivity index (χ4n) is 3.71. The summed E-state index contributed by atoms with van der Waals surface area (Å²) in [5.41, 5.74) is 1.26. The number of carbonyl (C=O) groups is 3. The number of aliphatic carboxylic acids is 1. The third-order valence-corrected chi connectivity index (χ3v) is 5.27. The lowest BCUT2D eigenvalue weighted by Gasteiger charge is -2.32. The number of hydrogen-bond donors (Lipinski definition) is 2. The number of amides is 2. The van der Waals surface area contributed by atoms with E-state index in [0.29, 0.717) is 30.9 Å². The van der Waals surface area contributed by atoms with Gasteiger partial charge in [-0.2, -0.15) is 0 Å². The fraction of sp³-hybridized carbons (Fsp3) is 0.550. The number of piperidine rings is 2. The second-order valence-corrected chi connectivity index (χ2v) is 7.24. The number of carboxylic acids is 1. The average molecular weight is 374 g/mol. The number of imide groups is 1. The Balaban J connectivity index is 1.46. The van der Waals surface area contributed by atoms with Crippen molar-refractivity contribution in [3.63, 3.8) is 0 Å². The van der Waals surface area contributed by atoms with Gasteiger partial charge in [-0.15, -0.1) is 0 Å². The minimum absolute atomic E-state index is 0.231. The van der Waals surface area contributed by atoms with Crippen LogP contribution in [0.4, 0.5) is 0 Å². The highest BCUT2D eigenvalue weighted by Gasteiger charge is 2.28. The minimum Gasteiger partial charge on any atom is -0.481 e. The van der Waals surface area contributed by atoms with Crippen molar-refractivity contribution in [1.82, 2.24) is 10.2 Å². The first-order valence-electron chi connectivity index (χ1n) is 9.56. The van der Waals surface area contributed by atoms with Crippen LogP contribution in [0.15, 0.2) is 24.3 Å². The third-order valence-electron chi connectivity index (χ3n) is 5.27. The van der Waals surface area contributed by atoms with E-state index in [-0.39, 0.29) is 18.2 Å². The Labute approximate surface area is 158 Å². The van der Waals surface area contributed by atoms with Gasteiger partial charge in [-0.25, -0.2) is 0 Å². The molecule has 2 fully saturated rings. The van der Waals surface area contributed by atoms with Gasteiger partial charge in [0.1, 0.15) is 5.75 Å². The lowest BCUT2D eigenvalue weighted by molar-refractivity contribution is -0.139. The number of ether oxygens (including phenoxy) is 1. The van der Waals surface area contributed by atoms with Crippen LogP contribution in [0.2, 0.25) is 0 Å². The van der Waals surface area contributed by atoms with Gasteiger partial charge in [0, 0.05) is 19.3 Å². The highest BCUT2D eigenvalue weighted by molar-refractivity contribution is 5.99. The maximum absolute atomic E-state index is 11.8. The van der Waals surface area contributed by atoms with Crippen molar-refractivity contribution in [2.75, 3.05) is 19.6 Å². The molecule has 7 heteroatoms. The molecule has 0 aliphatic carbocycles. The van der Waals surface area contributed by atoms with Crippen molar-refractivity contribution < 1.29 is 24.2 Å². The Morgan fingerprint density at radius 2 is 1.85 bits per heavy atom. The lowest BCUT2D eigenvalue weighted by Crippen LogP contribution is -2.46. The number of nitrogens with one attached hydrogen (secondary N) is 1. The normalized spacial score (nSPS) is 21.7. The summed E-state index contributed by atoms with van der Waals surface area (Å²) >= 11 is 0. The lowest BCUT2D eigenvalue weighted by atomic mass is 9.89. The van der Waals surface area contributed by atoms with Crippen LogP contribution in [0.25, 0.3) is 0 Å². The Bertz CT molecular complexity index is 680. The van der Waals surface area contributed by atoms with Crippen LogP contribution in [-0.2, 0) is 14.4 Å². The maximum atomic E-state index is 11.8. The highest BCUT2D eigenvalue weighted by Crippen LogP contribution is 2.29. The molecule has 2 saturated heterocycles. The van der Waals surface area contributed by atoms with Crippen molar-refractivity contribution in [3.8, 4) is 5.75 Å². The van der Waals surface area contributed by atoms with E-state index in [4.69, 9.17) is 9.84 Å². The Hall–Kier alpha value is -2.41. The SMILES string of the molecule is O=C(O)CCCN1CCC(c2ccc(OC3CCC(=O)NC3=O)cc2)CC1. The Morgan fingerprint density at radius 3 is 2.48 bits per heavy atom. The molecule has 0 bridgehead atoms. The molecule has 1 aromatic carbocycles. The molecule has 0 radical (unpaired) electrons. The average Bonchev–Trinajstić information content (AvgIpc) is 2.65. The van der Waals surface area contributed by atoms with Gasteiger partial charge in [-0.1, -0.05) is 12.1 Å². The van der Waals surface area contributed by atoms with E-state index >= 15 is 0 Å². The van der Waals surface area contributed by atoms with Crippen LogP contribution in [0.3, 0.4) is 0 Å². The smallest absolute Gasteiger partial charge is 0.303 e. The first-order chi connectivity index (χ1) is 13.0. The summed E-state index contributed by atoms with van der Waals surface area (Å²) in [7, 11) is 0. The molecule has 27 heavy (non-hydrogen) atoms. The topological polar surface area (TPSA) is 95.9 Å². The van der Waals surface area contributed by atoms with Gasteiger partial charge < -0.3 is 14.7 Å². The van der Waals surface area contributed by atoms with E-state index in [1.807, 2.05) is 24.3 Å². The molecular weight excluding hydrogens is 348 g/mol. The molecule has 3 rings (SSSR count). The molecule has 1 unspecified atom stereocenters. The van der Waals surface area contributed by atoms with E-state index in [1.165, 1.54) is 5.56 Å². The van der Waals surface area contributed by atoms with Gasteiger partial charge in [0.05, 0.1) is 0 Å². The minimum atomic E-state index is -0.732. The zero-order valence-corrected chi connectivity index (χ0v) is 15.4.